The average molecular weight is 279 g/mol. The molecule has 0 bridgehead atoms. The van der Waals surface area contributed by atoms with E-state index in [1.165, 1.54) is 12.1 Å². The summed E-state index contributed by atoms with van der Waals surface area (Å²) in [7, 11) is 0. The summed E-state index contributed by atoms with van der Waals surface area (Å²) < 4.78 is 32.2. The van der Waals surface area contributed by atoms with E-state index >= 15 is 0 Å². The maximum Gasteiger partial charge on any atom is 0.145 e. The lowest BCUT2D eigenvalue weighted by atomic mass is 10.2. The van der Waals surface area contributed by atoms with E-state index in [4.69, 9.17) is 4.74 Å². The number of halogens is 3. The molecule has 1 aromatic carbocycles. The van der Waals surface area contributed by atoms with Gasteiger partial charge in [-0.1, -0.05) is 6.92 Å². The van der Waals surface area contributed by atoms with Crippen LogP contribution in [0.1, 0.15) is 25.8 Å². The van der Waals surface area contributed by atoms with E-state index in [0.717, 1.165) is 6.42 Å². The summed E-state index contributed by atoms with van der Waals surface area (Å²) in [6, 6.07) is 2.57. The van der Waals surface area contributed by atoms with Crippen molar-refractivity contribution in [2.75, 3.05) is 0 Å². The third kappa shape index (κ3) is 3.24. The van der Waals surface area contributed by atoms with Crippen molar-refractivity contribution in [2.45, 2.75) is 33.0 Å². The maximum atomic E-state index is 13.4. The highest BCUT2D eigenvalue weighted by Crippen LogP contribution is 2.22. The standard InChI is InChI=1S/C11H13BrF2O/c1-3-7(2)15-6-8-10(13)5-4-9(12)11(8)14/h4-5,7H,3,6H2,1-2H3. The van der Waals surface area contributed by atoms with Gasteiger partial charge in [-0.25, -0.2) is 8.78 Å². The molecular weight excluding hydrogens is 266 g/mol. The summed E-state index contributed by atoms with van der Waals surface area (Å²) in [5, 5.41) is 0. The van der Waals surface area contributed by atoms with Crippen molar-refractivity contribution in [1.82, 2.24) is 0 Å². The minimum absolute atomic E-state index is 0.00258. The second-order valence-corrected chi connectivity index (χ2v) is 4.21. The zero-order valence-corrected chi connectivity index (χ0v) is 10.3. The molecule has 0 aliphatic heterocycles. The van der Waals surface area contributed by atoms with Crippen LogP contribution < -0.4 is 0 Å². The smallest absolute Gasteiger partial charge is 0.145 e. The van der Waals surface area contributed by atoms with Crippen molar-refractivity contribution < 1.29 is 13.5 Å². The fourth-order valence-electron chi connectivity index (χ4n) is 1.04. The molecule has 0 radical (unpaired) electrons. The molecule has 1 rings (SSSR count). The molecule has 0 fully saturated rings. The van der Waals surface area contributed by atoms with Crippen LogP contribution in [0, 0.1) is 11.6 Å². The largest absolute Gasteiger partial charge is 0.374 e. The molecule has 84 valence electrons. The van der Waals surface area contributed by atoms with Gasteiger partial charge >= 0.3 is 0 Å². The molecule has 0 heterocycles. The van der Waals surface area contributed by atoms with Gasteiger partial charge in [-0.15, -0.1) is 0 Å². The first-order valence-corrected chi connectivity index (χ1v) is 5.59. The Morgan fingerprint density at radius 3 is 2.67 bits per heavy atom. The number of rotatable bonds is 4. The van der Waals surface area contributed by atoms with Crippen LogP contribution in [-0.4, -0.2) is 6.10 Å². The van der Waals surface area contributed by atoms with Gasteiger partial charge in [0.15, 0.2) is 0 Å². The van der Waals surface area contributed by atoms with Crippen LogP contribution in [0.4, 0.5) is 8.78 Å². The molecule has 0 aliphatic rings. The van der Waals surface area contributed by atoms with Crippen LogP contribution in [-0.2, 0) is 11.3 Å². The van der Waals surface area contributed by atoms with Gasteiger partial charge in [-0.3, -0.25) is 0 Å². The first-order chi connectivity index (χ1) is 7.06. The molecule has 0 N–H and O–H groups in total. The summed E-state index contributed by atoms with van der Waals surface area (Å²) in [6.07, 6.45) is 0.819. The fourth-order valence-corrected chi connectivity index (χ4v) is 1.42. The van der Waals surface area contributed by atoms with Crippen LogP contribution >= 0.6 is 15.9 Å². The van der Waals surface area contributed by atoms with Crippen LogP contribution in [0.5, 0.6) is 0 Å². The van der Waals surface area contributed by atoms with E-state index in [0.29, 0.717) is 0 Å². The fraction of sp³-hybridized carbons (Fsp3) is 0.455. The SMILES string of the molecule is CCC(C)OCc1c(F)ccc(Br)c1F. The van der Waals surface area contributed by atoms with E-state index in [9.17, 15) is 8.78 Å². The van der Waals surface area contributed by atoms with Crippen molar-refractivity contribution in [3.8, 4) is 0 Å². The van der Waals surface area contributed by atoms with Gasteiger partial charge in [0.05, 0.1) is 22.7 Å². The van der Waals surface area contributed by atoms with Gasteiger partial charge in [-0.2, -0.15) is 0 Å². The quantitative estimate of drug-likeness (QED) is 0.756. The van der Waals surface area contributed by atoms with Crippen molar-refractivity contribution in [2.24, 2.45) is 0 Å². The summed E-state index contributed by atoms with van der Waals surface area (Å²) in [5.74, 6) is -1.16. The maximum absolute atomic E-state index is 13.4. The molecule has 1 aromatic rings. The van der Waals surface area contributed by atoms with Gasteiger partial charge < -0.3 is 4.74 Å². The van der Waals surface area contributed by atoms with Gasteiger partial charge in [0.2, 0.25) is 0 Å². The van der Waals surface area contributed by atoms with Crippen molar-refractivity contribution in [3.63, 3.8) is 0 Å². The Hall–Kier alpha value is -0.480. The Morgan fingerprint density at radius 1 is 1.40 bits per heavy atom. The first kappa shape index (κ1) is 12.6. The Balaban J connectivity index is 2.80. The molecule has 1 atom stereocenters. The van der Waals surface area contributed by atoms with E-state index in [2.05, 4.69) is 15.9 Å². The second-order valence-electron chi connectivity index (χ2n) is 3.35. The van der Waals surface area contributed by atoms with Crippen molar-refractivity contribution in [3.05, 3.63) is 33.8 Å². The molecular formula is C11H13BrF2O. The van der Waals surface area contributed by atoms with E-state index in [1.807, 2.05) is 13.8 Å². The van der Waals surface area contributed by atoms with Gasteiger partial charge in [0, 0.05) is 0 Å². The van der Waals surface area contributed by atoms with Crippen molar-refractivity contribution in [1.29, 1.82) is 0 Å². The van der Waals surface area contributed by atoms with Crippen LogP contribution in [0.2, 0.25) is 0 Å². The zero-order chi connectivity index (χ0) is 11.4. The molecule has 0 spiro atoms. The molecule has 0 amide bonds. The summed E-state index contributed by atoms with van der Waals surface area (Å²) >= 11 is 3.01. The number of benzene rings is 1. The normalized spacial score (nSPS) is 12.9. The van der Waals surface area contributed by atoms with Crippen LogP contribution in [0.15, 0.2) is 16.6 Å². The van der Waals surface area contributed by atoms with Gasteiger partial charge in [0.1, 0.15) is 11.6 Å². The molecule has 4 heteroatoms. The highest BCUT2D eigenvalue weighted by atomic mass is 79.9. The van der Waals surface area contributed by atoms with E-state index in [1.54, 1.807) is 0 Å². The highest BCUT2D eigenvalue weighted by Gasteiger charge is 2.13. The topological polar surface area (TPSA) is 9.23 Å². The van der Waals surface area contributed by atoms with Crippen LogP contribution in [0.3, 0.4) is 0 Å². The third-order valence-electron chi connectivity index (χ3n) is 2.23. The monoisotopic (exact) mass is 278 g/mol. The highest BCUT2D eigenvalue weighted by molar-refractivity contribution is 9.10. The predicted octanol–water partition coefficient (Wildman–Crippen LogP) is 4.04. The molecule has 0 saturated carbocycles. The second kappa shape index (κ2) is 5.56. The Bertz CT molecular complexity index is 342. The van der Waals surface area contributed by atoms with Crippen LogP contribution in [0.25, 0.3) is 0 Å². The molecule has 1 nitrogen and oxygen atoms in total. The number of hydrogen-bond acceptors (Lipinski definition) is 1. The van der Waals surface area contributed by atoms with E-state index in [-0.39, 0.29) is 22.7 Å². The Kier molecular flexibility index (Phi) is 4.67. The van der Waals surface area contributed by atoms with Gasteiger partial charge in [0.25, 0.3) is 0 Å². The minimum atomic E-state index is -0.585. The summed E-state index contributed by atoms with van der Waals surface area (Å²) in [6.45, 7) is 3.79. The van der Waals surface area contributed by atoms with Gasteiger partial charge in [-0.05, 0) is 41.4 Å². The number of hydrogen-bond donors (Lipinski definition) is 0. The Labute approximate surface area is 96.6 Å². The minimum Gasteiger partial charge on any atom is -0.374 e. The summed E-state index contributed by atoms with van der Waals surface area (Å²) in [4.78, 5) is 0. The molecule has 1 unspecified atom stereocenters. The predicted molar refractivity (Wildman–Crippen MR) is 58.6 cm³/mol. The lowest BCUT2D eigenvalue weighted by Crippen LogP contribution is -2.08. The average Bonchev–Trinajstić information content (AvgIpc) is 2.23. The zero-order valence-electron chi connectivity index (χ0n) is 8.69. The van der Waals surface area contributed by atoms with E-state index < -0.39 is 11.6 Å². The molecule has 0 aliphatic carbocycles. The molecule has 0 saturated heterocycles. The summed E-state index contributed by atoms with van der Waals surface area (Å²) in [5.41, 5.74) is -0.0234. The Morgan fingerprint density at radius 2 is 2.07 bits per heavy atom. The molecule has 0 aromatic heterocycles. The third-order valence-corrected chi connectivity index (χ3v) is 2.84. The number of ether oxygens (including phenoxy) is 1. The molecule has 15 heavy (non-hydrogen) atoms. The first-order valence-electron chi connectivity index (χ1n) is 4.80. The lowest BCUT2D eigenvalue weighted by molar-refractivity contribution is 0.0474. The van der Waals surface area contributed by atoms with Crippen molar-refractivity contribution >= 4 is 15.9 Å². The lowest BCUT2D eigenvalue weighted by Gasteiger charge is -2.12.